The molecule has 1 amide bonds. The number of carbonyl (C=O) groups is 1. The predicted molar refractivity (Wildman–Crippen MR) is 131 cm³/mol. The van der Waals surface area contributed by atoms with Crippen LogP contribution in [-0.2, 0) is 11.4 Å². The van der Waals surface area contributed by atoms with E-state index in [1.807, 2.05) is 73.7 Å². The maximum atomic E-state index is 12.4. The number of methoxy groups -OCH3 is 1. The summed E-state index contributed by atoms with van der Waals surface area (Å²) in [4.78, 5) is 17.5. The van der Waals surface area contributed by atoms with Crippen LogP contribution >= 0.6 is 23.4 Å². The van der Waals surface area contributed by atoms with Gasteiger partial charge in [-0.1, -0.05) is 53.6 Å². The third-order valence-corrected chi connectivity index (χ3v) is 6.02. The minimum atomic E-state index is -0.185. The maximum absolute atomic E-state index is 12.4. The minimum Gasteiger partial charge on any atom is -0.493 e. The second-order valence-electron chi connectivity index (χ2n) is 7.11. The average Bonchev–Trinajstić information content (AvgIpc) is 3.13. The zero-order chi connectivity index (χ0) is 22.5. The van der Waals surface area contributed by atoms with E-state index in [2.05, 4.69) is 10.3 Å². The largest absolute Gasteiger partial charge is 0.493 e. The van der Waals surface area contributed by atoms with E-state index >= 15 is 0 Å². The van der Waals surface area contributed by atoms with E-state index in [1.54, 1.807) is 13.2 Å². The summed E-state index contributed by atoms with van der Waals surface area (Å²) in [5, 5.41) is 4.01. The summed E-state index contributed by atoms with van der Waals surface area (Å²) >= 11 is 7.53. The Labute approximate surface area is 196 Å². The number of amides is 1. The quantitative estimate of drug-likeness (QED) is 0.446. The zero-order valence-corrected chi connectivity index (χ0v) is 19.2. The molecule has 3 aromatic rings. The second-order valence-corrected chi connectivity index (χ2v) is 8.55. The number of thioether (sulfide) groups is 1. The van der Waals surface area contributed by atoms with E-state index < -0.39 is 0 Å². The molecule has 162 valence electrons. The molecule has 0 radical (unpaired) electrons. The van der Waals surface area contributed by atoms with Gasteiger partial charge in [-0.15, -0.1) is 0 Å². The Morgan fingerprint density at radius 2 is 1.84 bits per heavy atom. The number of rotatable bonds is 6. The Kier molecular flexibility index (Phi) is 6.83. The van der Waals surface area contributed by atoms with Gasteiger partial charge in [0.2, 0.25) is 0 Å². The summed E-state index contributed by atoms with van der Waals surface area (Å²) in [6, 6.07) is 20.9. The minimum absolute atomic E-state index is 0.185. The van der Waals surface area contributed by atoms with Crippen molar-refractivity contribution in [2.24, 2.45) is 4.99 Å². The predicted octanol–water partition coefficient (Wildman–Crippen LogP) is 6.13. The zero-order valence-electron chi connectivity index (χ0n) is 17.6. The van der Waals surface area contributed by atoms with Crippen molar-refractivity contribution in [2.45, 2.75) is 13.5 Å². The van der Waals surface area contributed by atoms with Gasteiger partial charge in [-0.3, -0.25) is 4.79 Å². The molecule has 7 heteroatoms. The highest BCUT2D eigenvalue weighted by Gasteiger charge is 2.24. The number of nitrogens with zero attached hydrogens (tertiary/aromatic N) is 1. The first-order chi connectivity index (χ1) is 15.5. The molecule has 0 aromatic heterocycles. The first-order valence-electron chi connectivity index (χ1n) is 9.92. The summed E-state index contributed by atoms with van der Waals surface area (Å²) in [5.74, 6) is 0.985. The number of ether oxygens (including phenoxy) is 2. The van der Waals surface area contributed by atoms with Gasteiger partial charge in [-0.2, -0.15) is 0 Å². The van der Waals surface area contributed by atoms with Crippen LogP contribution in [0.1, 0.15) is 16.7 Å². The molecule has 1 N–H and O–H groups in total. The molecule has 1 aliphatic rings. The molecule has 4 rings (SSSR count). The molecule has 0 aliphatic carbocycles. The van der Waals surface area contributed by atoms with Crippen LogP contribution in [0.15, 0.2) is 76.6 Å². The Hall–Kier alpha value is -3.22. The Balaban J connectivity index is 1.53. The Bertz CT molecular complexity index is 1210. The highest BCUT2D eigenvalue weighted by atomic mass is 35.5. The van der Waals surface area contributed by atoms with Crippen molar-refractivity contribution in [1.82, 2.24) is 5.32 Å². The van der Waals surface area contributed by atoms with Gasteiger partial charge in [0.05, 0.1) is 17.7 Å². The van der Waals surface area contributed by atoms with E-state index in [0.29, 0.717) is 33.2 Å². The number of aliphatic imine (C=N–C) groups is 1. The van der Waals surface area contributed by atoms with Crippen molar-refractivity contribution in [2.75, 3.05) is 7.11 Å². The number of aryl methyl sites for hydroxylation is 1. The molecule has 0 atom stereocenters. The fraction of sp³-hybridized carbons (Fsp3) is 0.120. The van der Waals surface area contributed by atoms with Crippen LogP contribution in [0.5, 0.6) is 11.5 Å². The van der Waals surface area contributed by atoms with Crippen LogP contribution in [0.25, 0.3) is 6.08 Å². The summed E-state index contributed by atoms with van der Waals surface area (Å²) in [6.07, 6.45) is 1.81. The van der Waals surface area contributed by atoms with Crippen molar-refractivity contribution in [1.29, 1.82) is 0 Å². The molecule has 0 unspecified atom stereocenters. The molecular formula is C25H21ClN2O3S. The highest BCUT2D eigenvalue weighted by molar-refractivity contribution is 8.18. The Morgan fingerprint density at radius 3 is 2.59 bits per heavy atom. The van der Waals surface area contributed by atoms with E-state index in [1.165, 1.54) is 11.8 Å². The molecule has 1 aliphatic heterocycles. The molecule has 3 aromatic carbocycles. The normalized spacial score (nSPS) is 15.8. The van der Waals surface area contributed by atoms with Crippen molar-refractivity contribution in [3.63, 3.8) is 0 Å². The van der Waals surface area contributed by atoms with Gasteiger partial charge < -0.3 is 14.8 Å². The van der Waals surface area contributed by atoms with E-state index in [-0.39, 0.29) is 5.91 Å². The number of nitrogens with one attached hydrogen (secondary N) is 1. The molecule has 0 bridgehead atoms. The third-order valence-electron chi connectivity index (χ3n) is 4.74. The Morgan fingerprint density at radius 1 is 1.06 bits per heavy atom. The number of carbonyl (C=O) groups excluding carboxylic acids is 1. The van der Waals surface area contributed by atoms with Crippen molar-refractivity contribution >= 4 is 46.2 Å². The van der Waals surface area contributed by atoms with Gasteiger partial charge in [0.1, 0.15) is 6.61 Å². The molecule has 1 saturated heterocycles. The van der Waals surface area contributed by atoms with Crippen LogP contribution in [0, 0.1) is 6.92 Å². The van der Waals surface area contributed by atoms with Gasteiger partial charge in [0.15, 0.2) is 16.7 Å². The smallest absolute Gasteiger partial charge is 0.264 e. The molecule has 1 fully saturated rings. The lowest BCUT2D eigenvalue weighted by molar-refractivity contribution is -0.115. The monoisotopic (exact) mass is 464 g/mol. The highest BCUT2D eigenvalue weighted by Crippen LogP contribution is 2.33. The first-order valence-corrected chi connectivity index (χ1v) is 11.1. The van der Waals surface area contributed by atoms with Crippen LogP contribution in [0.3, 0.4) is 0 Å². The number of amidine groups is 1. The number of hydrogen-bond donors (Lipinski definition) is 1. The fourth-order valence-electron chi connectivity index (χ4n) is 3.04. The van der Waals surface area contributed by atoms with E-state index in [0.717, 1.165) is 22.4 Å². The van der Waals surface area contributed by atoms with Crippen LogP contribution < -0.4 is 14.8 Å². The van der Waals surface area contributed by atoms with Crippen molar-refractivity contribution in [3.05, 3.63) is 93.3 Å². The van der Waals surface area contributed by atoms with E-state index in [4.69, 9.17) is 21.1 Å². The van der Waals surface area contributed by atoms with E-state index in [9.17, 15) is 4.79 Å². The molecule has 1 heterocycles. The SMILES string of the molecule is COc1ccc(/C=C2\SC(=Nc3ccc(C)cc3)NC2=O)cc1OCc1ccccc1Cl. The van der Waals surface area contributed by atoms with Crippen LogP contribution in [0.2, 0.25) is 5.02 Å². The molecule has 0 saturated carbocycles. The summed E-state index contributed by atoms with van der Waals surface area (Å²) in [5.41, 5.74) is 3.64. The molecule has 0 spiro atoms. The van der Waals surface area contributed by atoms with Crippen LogP contribution in [-0.4, -0.2) is 18.2 Å². The third kappa shape index (κ3) is 5.33. The lowest BCUT2D eigenvalue weighted by Crippen LogP contribution is -2.19. The molecule has 32 heavy (non-hydrogen) atoms. The van der Waals surface area contributed by atoms with Gasteiger partial charge in [0.25, 0.3) is 5.91 Å². The second kappa shape index (κ2) is 9.94. The van der Waals surface area contributed by atoms with Crippen molar-refractivity contribution < 1.29 is 14.3 Å². The first kappa shape index (κ1) is 22.0. The van der Waals surface area contributed by atoms with Crippen molar-refractivity contribution in [3.8, 4) is 11.5 Å². The lowest BCUT2D eigenvalue weighted by atomic mass is 10.2. The summed E-state index contributed by atoms with van der Waals surface area (Å²) in [6.45, 7) is 2.32. The summed E-state index contributed by atoms with van der Waals surface area (Å²) in [7, 11) is 1.59. The number of halogens is 1. The standard InChI is InChI=1S/C25H21ClN2O3S/c1-16-7-10-19(11-8-16)27-25-28-24(29)23(32-25)14-17-9-12-21(30-2)22(13-17)31-15-18-5-3-4-6-20(18)26/h3-14H,15H2,1-2H3,(H,27,28,29)/b23-14-. The number of hydrogen-bond acceptors (Lipinski definition) is 5. The molecular weight excluding hydrogens is 444 g/mol. The van der Waals surface area contributed by atoms with Gasteiger partial charge in [-0.25, -0.2) is 4.99 Å². The van der Waals surface area contributed by atoms with Gasteiger partial charge >= 0.3 is 0 Å². The summed E-state index contributed by atoms with van der Waals surface area (Å²) < 4.78 is 11.4. The van der Waals surface area contributed by atoms with Crippen LogP contribution in [0.4, 0.5) is 5.69 Å². The lowest BCUT2D eigenvalue weighted by Gasteiger charge is -2.12. The van der Waals surface area contributed by atoms with Gasteiger partial charge in [-0.05, 0) is 60.7 Å². The maximum Gasteiger partial charge on any atom is 0.264 e. The van der Waals surface area contributed by atoms with Gasteiger partial charge in [0, 0.05) is 10.6 Å². The topological polar surface area (TPSA) is 59.9 Å². The molecule has 5 nitrogen and oxygen atoms in total. The number of benzene rings is 3. The fourth-order valence-corrected chi connectivity index (χ4v) is 4.07. The average molecular weight is 465 g/mol.